The molecule has 1 aliphatic carbocycles. The van der Waals surface area contributed by atoms with Crippen molar-refractivity contribution in [1.29, 1.82) is 0 Å². The van der Waals surface area contributed by atoms with Crippen LogP contribution in [0.5, 0.6) is 0 Å². The number of nitrogens with one attached hydrogen (secondary N) is 2. The van der Waals surface area contributed by atoms with Crippen LogP contribution in [0.4, 0.5) is 4.79 Å². The first-order chi connectivity index (χ1) is 12.3. The maximum atomic E-state index is 13.1. The summed E-state index contributed by atoms with van der Waals surface area (Å²) in [6.45, 7) is 11.8. The summed E-state index contributed by atoms with van der Waals surface area (Å²) in [4.78, 5) is 37.5. The molecule has 2 heterocycles. The lowest BCUT2D eigenvalue weighted by molar-refractivity contribution is -0.168. The second-order valence-corrected chi connectivity index (χ2v) is 9.76. The van der Waals surface area contributed by atoms with Crippen LogP contribution in [0.2, 0.25) is 0 Å². The molecule has 0 unspecified atom stereocenters. The Morgan fingerprint density at radius 3 is 2.19 bits per heavy atom. The molecule has 0 aromatic rings. The molecule has 0 radical (unpaired) electrons. The quantitative estimate of drug-likeness (QED) is 0.715. The van der Waals surface area contributed by atoms with E-state index >= 15 is 0 Å². The average molecular weight is 382 g/mol. The molecule has 3 rings (SSSR count). The van der Waals surface area contributed by atoms with E-state index in [0.717, 1.165) is 0 Å². The highest BCUT2D eigenvalue weighted by Crippen LogP contribution is 2.65. The van der Waals surface area contributed by atoms with Crippen molar-refractivity contribution >= 4 is 18.0 Å². The maximum Gasteiger partial charge on any atom is 0.408 e. The molecule has 1 saturated carbocycles. The van der Waals surface area contributed by atoms with E-state index in [0.29, 0.717) is 12.8 Å². The van der Waals surface area contributed by atoms with Crippen LogP contribution in [-0.4, -0.2) is 54.5 Å². The smallest absolute Gasteiger partial charge is 0.408 e. The number of hydrogen-bond donors (Lipinski definition) is 2. The number of esters is 1. The summed E-state index contributed by atoms with van der Waals surface area (Å²) in [6.07, 6.45) is 0.563. The van der Waals surface area contributed by atoms with Gasteiger partial charge in [0.1, 0.15) is 11.1 Å². The molecule has 2 saturated heterocycles. The van der Waals surface area contributed by atoms with Gasteiger partial charge in [-0.15, -0.1) is 0 Å². The van der Waals surface area contributed by atoms with E-state index in [9.17, 15) is 14.4 Å². The molecular formula is C19H30N2O6. The number of ether oxygens (including phenoxy) is 3. The summed E-state index contributed by atoms with van der Waals surface area (Å²) < 4.78 is 16.1. The third kappa shape index (κ3) is 2.88. The van der Waals surface area contributed by atoms with E-state index in [2.05, 4.69) is 10.6 Å². The van der Waals surface area contributed by atoms with Gasteiger partial charge in [0.2, 0.25) is 0 Å². The van der Waals surface area contributed by atoms with Crippen molar-refractivity contribution in [2.24, 2.45) is 10.8 Å². The molecule has 0 aromatic carbocycles. The molecule has 2 aliphatic heterocycles. The van der Waals surface area contributed by atoms with Crippen LogP contribution in [0.15, 0.2) is 0 Å². The van der Waals surface area contributed by atoms with Crippen molar-refractivity contribution in [3.05, 3.63) is 0 Å². The Bertz CT molecular complexity index is 678. The van der Waals surface area contributed by atoms with Crippen LogP contribution in [-0.2, 0) is 23.8 Å². The summed E-state index contributed by atoms with van der Waals surface area (Å²) in [5.74, 6) is -0.637. The van der Waals surface area contributed by atoms with Crippen molar-refractivity contribution < 1.29 is 28.6 Å². The highest BCUT2D eigenvalue weighted by atomic mass is 16.6. The number of rotatable bonds is 4. The number of carbonyl (C=O) groups excluding carboxylic acids is 3. The molecule has 2 amide bonds. The minimum Gasteiger partial charge on any atom is -0.448 e. The molecule has 3 fully saturated rings. The first-order valence-electron chi connectivity index (χ1n) is 9.38. The van der Waals surface area contributed by atoms with Crippen LogP contribution in [0, 0.1) is 10.8 Å². The van der Waals surface area contributed by atoms with Gasteiger partial charge >= 0.3 is 12.1 Å². The molecular weight excluding hydrogens is 352 g/mol. The normalized spacial score (nSPS) is 33.0. The van der Waals surface area contributed by atoms with Crippen molar-refractivity contribution in [2.75, 3.05) is 19.8 Å². The Labute approximate surface area is 159 Å². The molecule has 2 atom stereocenters. The van der Waals surface area contributed by atoms with Crippen LogP contribution in [0.1, 0.15) is 54.4 Å². The number of hydrogen-bond acceptors (Lipinski definition) is 6. The summed E-state index contributed by atoms with van der Waals surface area (Å²) in [6, 6.07) is 0. The van der Waals surface area contributed by atoms with E-state index in [1.807, 2.05) is 20.8 Å². The summed E-state index contributed by atoms with van der Waals surface area (Å²) in [7, 11) is 0. The van der Waals surface area contributed by atoms with Gasteiger partial charge in [0, 0.05) is 12.0 Å². The minimum atomic E-state index is -1.17. The summed E-state index contributed by atoms with van der Waals surface area (Å²) in [5, 5.41) is 5.68. The highest BCUT2D eigenvalue weighted by Gasteiger charge is 2.75. The van der Waals surface area contributed by atoms with Crippen LogP contribution in [0.25, 0.3) is 0 Å². The minimum absolute atomic E-state index is 0.178. The standard InChI is InChI=1S/C19H30N2O6/c1-15(2,3)27-14(24)21-18(10-25-11-18)9-20-12(22)19-8-7-17(6,13(23)26-19)16(19,4)5/h7-11H2,1-6H3,(H,20,22)(H,21,24)/t17-,19+/m0/s1. The van der Waals surface area contributed by atoms with E-state index in [1.165, 1.54) is 0 Å². The summed E-state index contributed by atoms with van der Waals surface area (Å²) in [5.41, 5.74) is -3.77. The third-order valence-electron chi connectivity index (χ3n) is 6.56. The van der Waals surface area contributed by atoms with Crippen LogP contribution in [0.3, 0.4) is 0 Å². The second-order valence-electron chi connectivity index (χ2n) is 9.76. The van der Waals surface area contributed by atoms with Gasteiger partial charge < -0.3 is 24.8 Å². The fourth-order valence-corrected chi connectivity index (χ4v) is 4.23. The van der Waals surface area contributed by atoms with E-state index in [-0.39, 0.29) is 31.6 Å². The topological polar surface area (TPSA) is 103 Å². The molecule has 8 nitrogen and oxygen atoms in total. The fraction of sp³-hybridized carbons (Fsp3) is 0.842. The number of carbonyl (C=O) groups is 3. The predicted molar refractivity (Wildman–Crippen MR) is 95.9 cm³/mol. The van der Waals surface area contributed by atoms with Crippen molar-refractivity contribution in [3.63, 3.8) is 0 Å². The molecule has 3 aliphatic rings. The lowest BCUT2D eigenvalue weighted by Gasteiger charge is -2.43. The molecule has 8 heteroatoms. The first-order valence-corrected chi connectivity index (χ1v) is 9.38. The molecule has 2 bridgehead atoms. The molecule has 152 valence electrons. The van der Waals surface area contributed by atoms with Crippen LogP contribution >= 0.6 is 0 Å². The average Bonchev–Trinajstić information content (AvgIpc) is 2.78. The summed E-state index contributed by atoms with van der Waals surface area (Å²) >= 11 is 0. The van der Waals surface area contributed by atoms with Crippen molar-refractivity contribution in [2.45, 2.75) is 71.1 Å². The zero-order valence-corrected chi connectivity index (χ0v) is 17.0. The lowest BCUT2D eigenvalue weighted by atomic mass is 9.66. The number of alkyl carbamates (subject to hydrolysis) is 1. The van der Waals surface area contributed by atoms with Gasteiger partial charge in [-0.05, 0) is 40.5 Å². The molecule has 0 spiro atoms. The van der Waals surface area contributed by atoms with E-state index < -0.39 is 33.7 Å². The van der Waals surface area contributed by atoms with Gasteiger partial charge in [-0.1, -0.05) is 13.8 Å². The van der Waals surface area contributed by atoms with Crippen LogP contribution < -0.4 is 10.6 Å². The van der Waals surface area contributed by atoms with Gasteiger partial charge in [-0.2, -0.15) is 0 Å². The maximum absolute atomic E-state index is 13.1. The van der Waals surface area contributed by atoms with E-state index in [1.54, 1.807) is 20.8 Å². The Morgan fingerprint density at radius 1 is 1.15 bits per heavy atom. The monoisotopic (exact) mass is 382 g/mol. The van der Waals surface area contributed by atoms with Crippen molar-refractivity contribution in [3.8, 4) is 0 Å². The van der Waals surface area contributed by atoms with Gasteiger partial charge in [0.05, 0.1) is 18.6 Å². The van der Waals surface area contributed by atoms with Crippen molar-refractivity contribution in [1.82, 2.24) is 10.6 Å². The van der Waals surface area contributed by atoms with Gasteiger partial charge in [0.15, 0.2) is 5.60 Å². The molecule has 2 N–H and O–H groups in total. The lowest BCUT2D eigenvalue weighted by Crippen LogP contribution is -2.69. The predicted octanol–water partition coefficient (Wildman–Crippen LogP) is 1.52. The second kappa shape index (κ2) is 5.83. The van der Waals surface area contributed by atoms with Gasteiger partial charge in [-0.3, -0.25) is 9.59 Å². The highest BCUT2D eigenvalue weighted by molar-refractivity contribution is 5.96. The Hall–Kier alpha value is -1.83. The molecule has 0 aromatic heterocycles. The Balaban J connectivity index is 1.67. The van der Waals surface area contributed by atoms with Gasteiger partial charge in [0.25, 0.3) is 5.91 Å². The third-order valence-corrected chi connectivity index (χ3v) is 6.56. The van der Waals surface area contributed by atoms with E-state index in [4.69, 9.17) is 14.2 Å². The zero-order chi connectivity index (χ0) is 20.3. The zero-order valence-electron chi connectivity index (χ0n) is 17.0. The Morgan fingerprint density at radius 2 is 1.78 bits per heavy atom. The number of amides is 2. The largest absolute Gasteiger partial charge is 0.448 e. The first kappa shape index (κ1) is 19.9. The fourth-order valence-electron chi connectivity index (χ4n) is 4.23. The Kier molecular flexibility index (Phi) is 4.30. The number of fused-ring (bicyclic) bond motifs is 2. The van der Waals surface area contributed by atoms with Gasteiger partial charge in [-0.25, -0.2) is 4.79 Å². The molecule has 27 heavy (non-hydrogen) atoms. The SMILES string of the molecule is CC(C)(C)OC(=O)NC1(CNC(=O)[C@@]23CC[C@@](C)(C(=O)O2)C3(C)C)COC1.